The highest BCUT2D eigenvalue weighted by Crippen LogP contribution is 2.11. The largest absolute Gasteiger partial charge is 0.444 e. The third-order valence-electron chi connectivity index (χ3n) is 1.75. The summed E-state index contributed by atoms with van der Waals surface area (Å²) in [6.07, 6.45) is 0.889. The van der Waals surface area contributed by atoms with Crippen molar-refractivity contribution < 1.29 is 14.3 Å². The number of hydrogen-bond acceptors (Lipinski definition) is 3. The average molecular weight is 201 g/mol. The van der Waals surface area contributed by atoms with E-state index < -0.39 is 17.7 Å². The zero-order valence-corrected chi connectivity index (χ0v) is 9.53. The molecule has 4 heteroatoms. The number of carbonyl (C=O) groups is 2. The van der Waals surface area contributed by atoms with Crippen LogP contribution in [0.5, 0.6) is 0 Å². The Kier molecular flexibility index (Phi) is 4.60. The first-order valence-corrected chi connectivity index (χ1v) is 4.73. The lowest BCUT2D eigenvalue weighted by Crippen LogP contribution is -2.41. The maximum absolute atomic E-state index is 11.5. The van der Waals surface area contributed by atoms with Crippen molar-refractivity contribution in [2.45, 2.75) is 45.8 Å². The zero-order valence-electron chi connectivity index (χ0n) is 9.53. The molecule has 0 aromatic heterocycles. The maximum atomic E-state index is 11.5. The minimum atomic E-state index is -0.521. The fourth-order valence-electron chi connectivity index (χ4n) is 0.931. The fraction of sp³-hybridized carbons (Fsp3) is 0.800. The summed E-state index contributed by atoms with van der Waals surface area (Å²) in [6.45, 7) is 7.22. The number of aldehydes is 1. The number of hydrogen-bond donors (Lipinski definition) is 0. The quantitative estimate of drug-likeness (QED) is 0.654. The molecular weight excluding hydrogens is 182 g/mol. The molecule has 0 spiro atoms. The van der Waals surface area contributed by atoms with Crippen molar-refractivity contribution in [1.82, 2.24) is 4.90 Å². The third-order valence-corrected chi connectivity index (χ3v) is 1.75. The molecule has 0 saturated heterocycles. The molecule has 14 heavy (non-hydrogen) atoms. The summed E-state index contributed by atoms with van der Waals surface area (Å²) in [7, 11) is 1.57. The standard InChI is InChI=1S/C10H19NO3/c1-6-8(7-12)11(5)9(13)14-10(2,3)4/h7-8H,6H2,1-5H3. The topological polar surface area (TPSA) is 46.6 Å². The van der Waals surface area contributed by atoms with Crippen LogP contribution >= 0.6 is 0 Å². The highest BCUT2D eigenvalue weighted by molar-refractivity contribution is 5.73. The highest BCUT2D eigenvalue weighted by Gasteiger charge is 2.23. The summed E-state index contributed by atoms with van der Waals surface area (Å²) in [5.74, 6) is 0. The van der Waals surface area contributed by atoms with Crippen molar-refractivity contribution in [3.63, 3.8) is 0 Å². The molecule has 0 N–H and O–H groups in total. The van der Waals surface area contributed by atoms with E-state index >= 15 is 0 Å². The number of amides is 1. The number of nitrogens with zero attached hydrogens (tertiary/aromatic N) is 1. The first kappa shape index (κ1) is 12.9. The molecule has 0 heterocycles. The fourth-order valence-corrected chi connectivity index (χ4v) is 0.931. The Bertz CT molecular complexity index is 208. The second-order valence-electron chi connectivity index (χ2n) is 4.20. The summed E-state index contributed by atoms with van der Waals surface area (Å²) >= 11 is 0. The second kappa shape index (κ2) is 4.98. The van der Waals surface area contributed by atoms with Gasteiger partial charge in [0.05, 0.1) is 6.04 Å². The smallest absolute Gasteiger partial charge is 0.410 e. The van der Waals surface area contributed by atoms with Gasteiger partial charge in [-0.15, -0.1) is 0 Å². The molecule has 0 radical (unpaired) electrons. The lowest BCUT2D eigenvalue weighted by Gasteiger charge is -2.27. The van der Waals surface area contributed by atoms with Crippen molar-refractivity contribution in [2.24, 2.45) is 0 Å². The van der Waals surface area contributed by atoms with E-state index in [1.54, 1.807) is 27.8 Å². The van der Waals surface area contributed by atoms with Gasteiger partial charge in [0.1, 0.15) is 11.9 Å². The van der Waals surface area contributed by atoms with Gasteiger partial charge in [0.15, 0.2) is 0 Å². The van der Waals surface area contributed by atoms with Crippen LogP contribution in [0.4, 0.5) is 4.79 Å². The molecular formula is C10H19NO3. The average Bonchev–Trinajstić information content (AvgIpc) is 2.03. The lowest BCUT2D eigenvalue weighted by atomic mass is 10.2. The van der Waals surface area contributed by atoms with Gasteiger partial charge in [-0.25, -0.2) is 4.79 Å². The zero-order chi connectivity index (χ0) is 11.4. The molecule has 0 fully saturated rings. The van der Waals surface area contributed by atoms with Crippen LogP contribution in [0.2, 0.25) is 0 Å². The second-order valence-corrected chi connectivity index (χ2v) is 4.20. The van der Waals surface area contributed by atoms with Crippen LogP contribution in [0.3, 0.4) is 0 Å². The van der Waals surface area contributed by atoms with Crippen molar-refractivity contribution in [1.29, 1.82) is 0 Å². The van der Waals surface area contributed by atoms with Crippen molar-refractivity contribution in [3.8, 4) is 0 Å². The van der Waals surface area contributed by atoms with Gasteiger partial charge >= 0.3 is 6.09 Å². The first-order chi connectivity index (χ1) is 6.31. The lowest BCUT2D eigenvalue weighted by molar-refractivity contribution is -0.112. The summed E-state index contributed by atoms with van der Waals surface area (Å²) in [5, 5.41) is 0. The van der Waals surface area contributed by atoms with E-state index in [4.69, 9.17) is 4.74 Å². The molecule has 0 aliphatic rings. The summed E-state index contributed by atoms with van der Waals surface area (Å²) in [4.78, 5) is 23.4. The van der Waals surface area contributed by atoms with Crippen molar-refractivity contribution in [2.75, 3.05) is 7.05 Å². The Morgan fingerprint density at radius 2 is 2.00 bits per heavy atom. The van der Waals surface area contributed by atoms with Crippen LogP contribution in [0, 0.1) is 0 Å². The van der Waals surface area contributed by atoms with Gasteiger partial charge in [-0.2, -0.15) is 0 Å². The van der Waals surface area contributed by atoms with Gasteiger partial charge < -0.3 is 14.4 Å². The molecule has 0 aliphatic carbocycles. The highest BCUT2D eigenvalue weighted by atomic mass is 16.6. The maximum Gasteiger partial charge on any atom is 0.410 e. The molecule has 0 aromatic rings. The Hall–Kier alpha value is -1.06. The van der Waals surface area contributed by atoms with E-state index in [0.29, 0.717) is 6.42 Å². The number of likely N-dealkylation sites (N-methyl/N-ethyl adjacent to an activating group) is 1. The number of rotatable bonds is 3. The van der Waals surface area contributed by atoms with Gasteiger partial charge in [-0.1, -0.05) is 6.92 Å². The van der Waals surface area contributed by atoms with Crippen LogP contribution in [0.1, 0.15) is 34.1 Å². The van der Waals surface area contributed by atoms with Crippen LogP contribution in [-0.2, 0) is 9.53 Å². The summed E-state index contributed by atoms with van der Waals surface area (Å²) < 4.78 is 5.11. The van der Waals surface area contributed by atoms with Crippen molar-refractivity contribution in [3.05, 3.63) is 0 Å². The Balaban J connectivity index is 4.31. The van der Waals surface area contributed by atoms with Gasteiger partial charge in [0.2, 0.25) is 0 Å². The molecule has 0 aliphatic heterocycles. The molecule has 0 rings (SSSR count). The first-order valence-electron chi connectivity index (χ1n) is 4.73. The summed E-state index contributed by atoms with van der Waals surface area (Å²) in [5.41, 5.74) is -0.521. The van der Waals surface area contributed by atoms with Crippen LogP contribution in [0.25, 0.3) is 0 Å². The van der Waals surface area contributed by atoms with Gasteiger partial charge in [-0.3, -0.25) is 0 Å². The predicted octanol–water partition coefficient (Wildman–Crippen LogP) is 1.83. The Morgan fingerprint density at radius 3 is 2.29 bits per heavy atom. The van der Waals surface area contributed by atoms with E-state index in [0.717, 1.165) is 6.29 Å². The Morgan fingerprint density at radius 1 is 1.50 bits per heavy atom. The minimum absolute atomic E-state index is 0.398. The molecule has 1 atom stereocenters. The molecule has 1 amide bonds. The van der Waals surface area contributed by atoms with E-state index in [1.807, 2.05) is 6.92 Å². The number of ether oxygens (including phenoxy) is 1. The van der Waals surface area contributed by atoms with Crippen LogP contribution in [-0.4, -0.2) is 36.0 Å². The molecule has 0 aromatic carbocycles. The van der Waals surface area contributed by atoms with Gasteiger partial charge in [-0.05, 0) is 27.2 Å². The monoisotopic (exact) mass is 201 g/mol. The number of carbonyl (C=O) groups excluding carboxylic acids is 2. The van der Waals surface area contributed by atoms with E-state index in [1.165, 1.54) is 4.90 Å². The van der Waals surface area contributed by atoms with E-state index in [-0.39, 0.29) is 0 Å². The van der Waals surface area contributed by atoms with Gasteiger partial charge in [0, 0.05) is 7.05 Å². The molecule has 1 unspecified atom stereocenters. The van der Waals surface area contributed by atoms with Crippen molar-refractivity contribution >= 4 is 12.4 Å². The van der Waals surface area contributed by atoms with E-state index in [2.05, 4.69) is 0 Å². The Labute approximate surface area is 85.2 Å². The molecule has 4 nitrogen and oxygen atoms in total. The molecule has 0 saturated carbocycles. The predicted molar refractivity (Wildman–Crippen MR) is 54.1 cm³/mol. The SMILES string of the molecule is CCC(C=O)N(C)C(=O)OC(C)(C)C. The van der Waals surface area contributed by atoms with Crippen LogP contribution < -0.4 is 0 Å². The van der Waals surface area contributed by atoms with Crippen LogP contribution in [0.15, 0.2) is 0 Å². The van der Waals surface area contributed by atoms with Gasteiger partial charge in [0.25, 0.3) is 0 Å². The summed E-state index contributed by atoms with van der Waals surface area (Å²) in [6, 6.07) is -0.398. The third kappa shape index (κ3) is 4.25. The molecule has 82 valence electrons. The molecule has 0 bridgehead atoms. The minimum Gasteiger partial charge on any atom is -0.444 e. The van der Waals surface area contributed by atoms with E-state index in [9.17, 15) is 9.59 Å². The normalized spacial score (nSPS) is 13.2.